The molecule has 260 valence electrons. The Balaban J connectivity index is -0.000000289. The van der Waals surface area contributed by atoms with Gasteiger partial charge in [-0.15, -0.1) is 4.28 Å². The lowest BCUT2D eigenvalue weighted by molar-refractivity contribution is -0.647. The third-order valence-corrected chi connectivity index (χ3v) is 4.83. The zero-order chi connectivity index (χ0) is 36.4. The molecule has 0 aliphatic heterocycles. The van der Waals surface area contributed by atoms with Crippen molar-refractivity contribution in [1.29, 1.82) is 1.28 Å². The van der Waals surface area contributed by atoms with Gasteiger partial charge in [-0.05, 0) is 28.6 Å². The zero-order valence-corrected chi connectivity index (χ0v) is 26.9. The lowest BCUT2D eigenvalue weighted by Gasteiger charge is -2.14. The van der Waals surface area contributed by atoms with E-state index in [0.29, 0.717) is 13.1 Å². The van der Waals surface area contributed by atoms with Crippen LogP contribution in [0.3, 0.4) is 0 Å². The van der Waals surface area contributed by atoms with E-state index in [1.54, 1.807) is 23.9 Å². The van der Waals surface area contributed by atoms with Gasteiger partial charge in [-0.3, -0.25) is 24.3 Å². The quantitative estimate of drug-likeness (QED) is 0.0387. The number of amides is 2. The second kappa shape index (κ2) is 26.2. The highest BCUT2D eigenvalue weighted by molar-refractivity contribution is 7.74. The maximum Gasteiger partial charge on any atom is 0.348 e. The molecule has 0 aliphatic carbocycles. The molecule has 9 N–H and O–H groups in total. The van der Waals surface area contributed by atoms with Gasteiger partial charge in [-0.2, -0.15) is 19.0 Å². The van der Waals surface area contributed by atoms with E-state index in [4.69, 9.17) is 52.7 Å². The van der Waals surface area contributed by atoms with Gasteiger partial charge in [-0.1, -0.05) is 49.5 Å². The molecule has 0 saturated carbocycles. The summed E-state index contributed by atoms with van der Waals surface area (Å²) in [5.74, 6) is -1.20. The summed E-state index contributed by atoms with van der Waals surface area (Å²) in [5, 5.41) is 23.8. The Bertz CT molecular complexity index is 1200. The summed E-state index contributed by atoms with van der Waals surface area (Å²) in [5.41, 5.74) is 17.8. The van der Waals surface area contributed by atoms with Crippen LogP contribution in [0.2, 0.25) is 10.3 Å². The van der Waals surface area contributed by atoms with Crippen LogP contribution in [-0.2, 0) is 30.7 Å². The van der Waals surface area contributed by atoms with Crippen molar-refractivity contribution in [2.24, 2.45) is 0 Å². The number of nitrogen functional groups attached to an aromatic ring is 2. The Morgan fingerprint density at radius 1 is 1.13 bits per heavy atom. The highest BCUT2D eigenvalue weighted by Gasteiger charge is 2.25. The maximum absolute atomic E-state index is 11.8. The lowest BCUT2D eigenvalue weighted by Crippen LogP contribution is -2.29. The van der Waals surface area contributed by atoms with Crippen molar-refractivity contribution in [2.45, 2.75) is 34.1 Å². The summed E-state index contributed by atoms with van der Waals surface area (Å²) in [6.45, 7) is 5.05. The number of anilines is 2. The number of carbonyl (C=O) groups excluding carboxylic acids is 2. The fraction of sp³-hybridized carbons (Fsp3) is 0.474. The van der Waals surface area contributed by atoms with Crippen molar-refractivity contribution in [2.75, 3.05) is 38.7 Å². The molecule has 0 bridgehead atoms. The summed E-state index contributed by atoms with van der Waals surface area (Å²) in [4.78, 5) is 54.7. The first-order valence-corrected chi connectivity index (χ1v) is 12.9. The number of nitrogens with zero attached hydrogens (tertiary/aromatic N) is 7. The van der Waals surface area contributed by atoms with Crippen LogP contribution in [-0.4, -0.2) is 94.4 Å². The van der Waals surface area contributed by atoms with Gasteiger partial charge >= 0.3 is 17.0 Å². The third kappa shape index (κ3) is 19.1. The first-order valence-electron chi connectivity index (χ1n) is 12.2. The number of aromatic nitrogens is 4. The molecule has 2 amide bonds. The zero-order valence-electron chi connectivity index (χ0n) is 25.4. The molecule has 2 rings (SSSR count). The minimum atomic E-state index is -2.52. The van der Waals surface area contributed by atoms with Crippen molar-refractivity contribution >= 4 is 73.5 Å². The van der Waals surface area contributed by atoms with Crippen molar-refractivity contribution in [1.82, 2.24) is 35.4 Å². The van der Waals surface area contributed by atoms with Gasteiger partial charge in [0.15, 0.2) is 0 Å². The van der Waals surface area contributed by atoms with Gasteiger partial charge in [0.25, 0.3) is 11.8 Å². The maximum atomic E-state index is 11.8. The summed E-state index contributed by atoms with van der Waals surface area (Å²) in [7, 11) is 4.92. The van der Waals surface area contributed by atoms with E-state index in [9.17, 15) is 23.9 Å². The van der Waals surface area contributed by atoms with Crippen LogP contribution in [0, 0.1) is 10.1 Å². The Labute approximate surface area is 275 Å². The van der Waals surface area contributed by atoms with E-state index in [2.05, 4.69) is 39.3 Å². The van der Waals surface area contributed by atoms with Crippen molar-refractivity contribution in [3.05, 3.63) is 38.1 Å². The van der Waals surface area contributed by atoms with Crippen LogP contribution in [0.15, 0.2) is 6.07 Å². The summed E-state index contributed by atoms with van der Waals surface area (Å²) in [6, 6.07) is 1.40. The van der Waals surface area contributed by atoms with E-state index in [1.807, 2.05) is 13.8 Å². The molecule has 2 heterocycles. The minimum Gasteiger partial charge on any atom is -0.412 e. The first-order chi connectivity index (χ1) is 21.7. The predicted octanol–water partition coefficient (Wildman–Crippen LogP) is 1.08. The molecule has 0 fully saturated rings. The number of carbonyl (C=O) groups is 2. The second-order valence-electron chi connectivity index (χ2n) is 7.33. The molecule has 2 unspecified atom stereocenters. The minimum absolute atomic E-state index is 0. The molecule has 2 aromatic rings. The number of halogens is 2. The molecule has 22 nitrogen and oxygen atoms in total. The smallest absolute Gasteiger partial charge is 0.348 e. The van der Waals surface area contributed by atoms with E-state index in [0.717, 1.165) is 12.8 Å². The van der Waals surface area contributed by atoms with E-state index in [-0.39, 0.29) is 36.0 Å². The van der Waals surface area contributed by atoms with E-state index in [1.165, 1.54) is 21.5 Å². The average molecular weight is 734 g/mol. The number of hydrogen-bond donors (Lipinski definition) is 5. The Morgan fingerprint density at radius 2 is 1.62 bits per heavy atom. The van der Waals surface area contributed by atoms with Crippen LogP contribution >= 0.6 is 33.0 Å². The number of rotatable bonds is 12. The molecular weight excluding hydrogens is 694 g/mol. The number of nitrogens with two attached hydrogens (primary N) is 2. The van der Waals surface area contributed by atoms with Crippen molar-refractivity contribution in [3.8, 4) is 0 Å². The number of nitro groups is 1. The standard InChI is InChI=1S/C9H12ClN5O3.C9H13ClN4O.CH4.H3NO7S.H2O.H3P/c1-3-4-14(2)9(16)8-12-6(10)5(15(17)18)7(11)13-8;1-3-4-14(2)9(15)8-12-6(10)5-7(11)13-8;;2-7-8-5-1-6-9(3)4;;/h3-4H2,1-2H3,(H2,11,12,13);5H,3-4H2,1-2H3,(H2,11,12,13);1H4;1-2H,(H,3,4);1H2;1H3/i;;;;;1D/hD. The molecule has 0 radical (unpaired) electrons. The summed E-state index contributed by atoms with van der Waals surface area (Å²) < 4.78 is 31.4. The Kier molecular flexibility index (Phi) is 25.6. The molecule has 0 aliphatic rings. The number of nitrogens with one attached hydrogen (secondary N) is 1. The van der Waals surface area contributed by atoms with Crippen LogP contribution in [0.4, 0.5) is 17.3 Å². The SMILES string of the molecule is C.CCCN(C)C(=O)c1nc(N)c([N+](=O)[O-])c(Cl)n1.CCCN(C)C(=O)c1nc(N)cc(Cl)n1.O=S(O)ONOOOO.[2H]O.[2H]P. The second-order valence-corrected chi connectivity index (χ2v) is 8.68. The molecular formula is C19H37Cl2N10O12PS. The molecule has 0 aromatic carbocycles. The van der Waals surface area contributed by atoms with E-state index < -0.39 is 38.9 Å². The largest absolute Gasteiger partial charge is 0.412 e. The first kappa shape index (κ1) is 44.1. The van der Waals surface area contributed by atoms with Crippen LogP contribution in [0.5, 0.6) is 0 Å². The van der Waals surface area contributed by atoms with Crippen LogP contribution in [0.25, 0.3) is 0 Å². The van der Waals surface area contributed by atoms with Crippen molar-refractivity contribution in [3.63, 3.8) is 0 Å². The van der Waals surface area contributed by atoms with Gasteiger partial charge in [-0.25, -0.2) is 20.2 Å². The van der Waals surface area contributed by atoms with Gasteiger partial charge < -0.3 is 26.7 Å². The number of hydrogen-bond acceptors (Lipinski definition) is 17. The molecule has 0 saturated heterocycles. The Morgan fingerprint density at radius 3 is 2.00 bits per heavy atom. The molecule has 2 aromatic heterocycles. The highest BCUT2D eigenvalue weighted by Crippen LogP contribution is 2.27. The Hall–Kier alpha value is -3.06. The summed E-state index contributed by atoms with van der Waals surface area (Å²) in [6.07, 6.45) is 1.64. The van der Waals surface area contributed by atoms with Gasteiger partial charge in [0.05, 0.1) is 6.20 Å². The fourth-order valence-electron chi connectivity index (χ4n) is 2.53. The van der Waals surface area contributed by atoms with E-state index >= 15 is 0 Å². The molecule has 26 heteroatoms. The molecule has 0 spiro atoms. The van der Waals surface area contributed by atoms with Gasteiger partial charge in [0, 0.05) is 33.3 Å². The highest BCUT2D eigenvalue weighted by atomic mass is 35.5. The van der Waals surface area contributed by atoms with Crippen LogP contribution < -0.4 is 17.1 Å². The third-order valence-electron chi connectivity index (χ3n) is 4.16. The topological polar surface area (TPSA) is 325 Å². The van der Waals surface area contributed by atoms with Gasteiger partial charge in [0.1, 0.15) is 11.0 Å². The van der Waals surface area contributed by atoms with Crippen LogP contribution in [0.1, 0.15) is 56.8 Å². The van der Waals surface area contributed by atoms with Crippen molar-refractivity contribution < 1.29 is 54.8 Å². The van der Waals surface area contributed by atoms with Gasteiger partial charge in [0.2, 0.25) is 24.1 Å². The summed E-state index contributed by atoms with van der Waals surface area (Å²) >= 11 is 8.76. The molecule has 2 atom stereocenters. The molecule has 45 heavy (non-hydrogen) atoms. The normalized spacial score (nSPS) is 10.4. The lowest BCUT2D eigenvalue weighted by atomic mass is 10.4. The predicted molar refractivity (Wildman–Crippen MR) is 166 cm³/mol. The fourth-order valence-corrected chi connectivity index (χ4v) is 3.05. The average Bonchev–Trinajstić information content (AvgIpc) is 3.00. The monoisotopic (exact) mass is 732 g/mol.